The summed E-state index contributed by atoms with van der Waals surface area (Å²) in [6, 6.07) is 0. The number of phosphoric ester groups is 2. The third-order valence-electron chi connectivity index (χ3n) is 16.9. The van der Waals surface area contributed by atoms with E-state index in [1.54, 1.807) is 0 Å². The molecule has 92 heavy (non-hydrogen) atoms. The van der Waals surface area contributed by atoms with Gasteiger partial charge in [-0.2, -0.15) is 0 Å². The van der Waals surface area contributed by atoms with Gasteiger partial charge in [-0.3, -0.25) is 37.3 Å². The fourth-order valence-corrected chi connectivity index (χ4v) is 12.7. The van der Waals surface area contributed by atoms with Crippen molar-refractivity contribution in [2.75, 3.05) is 39.6 Å². The second kappa shape index (κ2) is 63.8. The van der Waals surface area contributed by atoms with E-state index in [0.29, 0.717) is 25.7 Å². The molecule has 5 atom stereocenters. The van der Waals surface area contributed by atoms with Crippen molar-refractivity contribution in [2.45, 2.75) is 388 Å². The molecule has 0 fully saturated rings. The van der Waals surface area contributed by atoms with E-state index in [2.05, 4.69) is 48.5 Å². The van der Waals surface area contributed by atoms with Crippen molar-refractivity contribution in [1.29, 1.82) is 0 Å². The van der Waals surface area contributed by atoms with Gasteiger partial charge in [0.05, 0.1) is 26.4 Å². The number of carbonyl (C=O) groups excluding carboxylic acids is 4. The maximum atomic E-state index is 13.1. The lowest BCUT2D eigenvalue weighted by Crippen LogP contribution is -2.30. The van der Waals surface area contributed by atoms with Gasteiger partial charge in [0.1, 0.15) is 19.3 Å². The van der Waals surface area contributed by atoms with E-state index in [0.717, 1.165) is 108 Å². The van der Waals surface area contributed by atoms with Gasteiger partial charge in [0.25, 0.3) is 0 Å². The number of rotatable bonds is 71. The Kier molecular flexibility index (Phi) is 62.4. The van der Waals surface area contributed by atoms with E-state index >= 15 is 0 Å². The van der Waals surface area contributed by atoms with Crippen LogP contribution < -0.4 is 0 Å². The minimum Gasteiger partial charge on any atom is -0.462 e. The number of phosphoric acid groups is 2. The molecule has 546 valence electrons. The molecule has 0 amide bonds. The highest BCUT2D eigenvalue weighted by molar-refractivity contribution is 7.47. The summed E-state index contributed by atoms with van der Waals surface area (Å²) >= 11 is 0. The fourth-order valence-electron chi connectivity index (χ4n) is 11.1. The molecule has 0 heterocycles. The van der Waals surface area contributed by atoms with Gasteiger partial charge < -0.3 is 33.8 Å². The van der Waals surface area contributed by atoms with E-state index in [-0.39, 0.29) is 25.7 Å². The molecular formula is C73H142O17P2. The normalized spacial score (nSPS) is 14.1. The second-order valence-corrected chi connectivity index (χ2v) is 30.7. The predicted octanol–water partition coefficient (Wildman–Crippen LogP) is 21.0. The summed E-state index contributed by atoms with van der Waals surface area (Å²) < 4.78 is 68.3. The first-order valence-electron chi connectivity index (χ1n) is 37.8. The average molecular weight is 1350 g/mol. The second-order valence-electron chi connectivity index (χ2n) is 27.8. The van der Waals surface area contributed by atoms with Crippen LogP contribution in [0.5, 0.6) is 0 Å². The molecule has 0 saturated heterocycles. The molecule has 0 aliphatic heterocycles. The van der Waals surface area contributed by atoms with Crippen LogP contribution in [0.3, 0.4) is 0 Å². The van der Waals surface area contributed by atoms with Crippen molar-refractivity contribution in [2.24, 2.45) is 17.8 Å². The van der Waals surface area contributed by atoms with Crippen LogP contribution in [0.4, 0.5) is 0 Å². The van der Waals surface area contributed by atoms with Gasteiger partial charge in [0.15, 0.2) is 12.2 Å². The topological polar surface area (TPSA) is 237 Å². The van der Waals surface area contributed by atoms with Crippen molar-refractivity contribution >= 4 is 39.5 Å². The zero-order valence-corrected chi connectivity index (χ0v) is 61.8. The maximum absolute atomic E-state index is 13.1. The molecule has 3 N–H and O–H groups in total. The Labute approximate surface area is 562 Å². The summed E-state index contributed by atoms with van der Waals surface area (Å²) in [5.74, 6) is 0.162. The Hall–Kier alpha value is -1.94. The van der Waals surface area contributed by atoms with Gasteiger partial charge in [-0.15, -0.1) is 0 Å². The monoisotopic (exact) mass is 1350 g/mol. The van der Waals surface area contributed by atoms with Crippen molar-refractivity contribution in [3.63, 3.8) is 0 Å². The van der Waals surface area contributed by atoms with Gasteiger partial charge in [-0.25, -0.2) is 9.13 Å². The molecule has 0 aromatic carbocycles. The van der Waals surface area contributed by atoms with Crippen molar-refractivity contribution in [1.82, 2.24) is 0 Å². The fraction of sp³-hybridized carbons (Fsp3) is 0.945. The summed E-state index contributed by atoms with van der Waals surface area (Å²) in [6.45, 7) is 11.8. The van der Waals surface area contributed by atoms with Gasteiger partial charge in [0, 0.05) is 25.7 Å². The maximum Gasteiger partial charge on any atom is 0.472 e. The molecule has 0 aromatic heterocycles. The highest BCUT2D eigenvalue weighted by Gasteiger charge is 2.30. The average Bonchev–Trinajstić information content (AvgIpc) is 2.74. The first-order chi connectivity index (χ1) is 44.2. The third-order valence-corrected chi connectivity index (χ3v) is 18.8. The summed E-state index contributed by atoms with van der Waals surface area (Å²) in [6.07, 6.45) is 48.6. The molecule has 0 rings (SSSR count). The van der Waals surface area contributed by atoms with Crippen LogP contribution in [-0.2, 0) is 65.4 Å². The Bertz CT molecular complexity index is 1800. The van der Waals surface area contributed by atoms with E-state index in [1.165, 1.54) is 180 Å². The van der Waals surface area contributed by atoms with E-state index in [4.69, 9.17) is 37.0 Å². The molecule has 0 aliphatic rings. The van der Waals surface area contributed by atoms with Crippen molar-refractivity contribution in [3.05, 3.63) is 0 Å². The van der Waals surface area contributed by atoms with Crippen LogP contribution in [0.1, 0.15) is 370 Å². The number of hydrogen-bond acceptors (Lipinski definition) is 15. The minimum atomic E-state index is -4.95. The van der Waals surface area contributed by atoms with E-state index in [1.807, 2.05) is 0 Å². The third kappa shape index (κ3) is 66.7. The van der Waals surface area contributed by atoms with Crippen LogP contribution in [-0.4, -0.2) is 96.7 Å². The lowest BCUT2D eigenvalue weighted by atomic mass is 10.0. The lowest BCUT2D eigenvalue weighted by molar-refractivity contribution is -0.161. The Morgan fingerprint density at radius 2 is 0.500 bits per heavy atom. The number of ether oxygens (including phenoxy) is 4. The molecule has 0 bridgehead atoms. The Balaban J connectivity index is 5.21. The minimum absolute atomic E-state index is 0.104. The summed E-state index contributed by atoms with van der Waals surface area (Å²) in [7, 11) is -9.90. The first-order valence-corrected chi connectivity index (χ1v) is 40.8. The van der Waals surface area contributed by atoms with Gasteiger partial charge >= 0.3 is 39.5 Å². The van der Waals surface area contributed by atoms with Crippen LogP contribution in [0, 0.1) is 17.8 Å². The highest BCUT2D eigenvalue weighted by Crippen LogP contribution is 2.45. The molecule has 0 radical (unpaired) electrons. The quantitative estimate of drug-likeness (QED) is 0.0222. The van der Waals surface area contributed by atoms with Crippen molar-refractivity contribution in [3.8, 4) is 0 Å². The smallest absolute Gasteiger partial charge is 0.462 e. The van der Waals surface area contributed by atoms with Gasteiger partial charge in [-0.1, -0.05) is 318 Å². The number of unbranched alkanes of at least 4 members (excludes halogenated alkanes) is 39. The zero-order chi connectivity index (χ0) is 68.0. The molecule has 0 aliphatic carbocycles. The number of hydrogen-bond donors (Lipinski definition) is 3. The lowest BCUT2D eigenvalue weighted by Gasteiger charge is -2.21. The van der Waals surface area contributed by atoms with Crippen LogP contribution in [0.15, 0.2) is 0 Å². The molecule has 0 aromatic rings. The molecule has 19 heteroatoms. The van der Waals surface area contributed by atoms with Crippen LogP contribution >= 0.6 is 15.6 Å². The summed E-state index contributed by atoms with van der Waals surface area (Å²) in [5, 5.41) is 10.6. The zero-order valence-electron chi connectivity index (χ0n) is 60.0. The van der Waals surface area contributed by atoms with Gasteiger partial charge in [0.2, 0.25) is 0 Å². The number of aliphatic hydroxyl groups excluding tert-OH is 1. The molecule has 0 spiro atoms. The number of esters is 4. The van der Waals surface area contributed by atoms with E-state index in [9.17, 15) is 43.2 Å². The molecular weight excluding hydrogens is 1210 g/mol. The molecule has 17 nitrogen and oxygen atoms in total. The first kappa shape index (κ1) is 90.1. The van der Waals surface area contributed by atoms with Crippen molar-refractivity contribution < 1.29 is 80.2 Å². The van der Waals surface area contributed by atoms with Crippen LogP contribution in [0.2, 0.25) is 0 Å². The SMILES string of the molecule is CCCCCCCCCCCC(=O)OC[C@H](COP(=O)(O)OC[C@H](O)COP(=O)(O)OC[C@@H](COC(=O)CCCCCCCCCCCCC(C)C)OC(=O)CCCCCCCCCCCCCCCCCCC(C)C)OC(=O)CCCCCCCCCCC(C)C. The largest absolute Gasteiger partial charge is 0.472 e. The van der Waals surface area contributed by atoms with Crippen LogP contribution in [0.25, 0.3) is 0 Å². The van der Waals surface area contributed by atoms with E-state index < -0.39 is 97.5 Å². The Morgan fingerprint density at radius 1 is 0.293 bits per heavy atom. The number of carbonyl (C=O) groups is 4. The van der Waals surface area contributed by atoms with Gasteiger partial charge in [-0.05, 0) is 43.4 Å². The summed E-state index contributed by atoms with van der Waals surface area (Å²) in [4.78, 5) is 72.6. The summed E-state index contributed by atoms with van der Waals surface area (Å²) in [5.41, 5.74) is 0. The standard InChI is InChI=1S/C73H142O17P2/c1-8-9-10-11-12-23-33-40-47-54-70(75)83-60-69(90-73(78)57-50-43-36-29-28-32-39-46-53-66(6)7)63-88-92(81,82)86-59-67(74)58-85-91(79,80)87-62-68(61-84-71(76)55-48-41-34-26-22-21-25-31-38-45-52-65(4)5)89-72(77)56-49-42-35-27-20-18-16-14-13-15-17-19-24-30-37-44-51-64(2)3/h64-69,74H,8-63H2,1-7H3,(H,79,80)(H,81,82)/t67-,68-,69-/m1/s1. The molecule has 0 saturated carbocycles. The highest BCUT2D eigenvalue weighted by atomic mass is 31.2. The Morgan fingerprint density at radius 3 is 0.739 bits per heavy atom. The number of aliphatic hydroxyl groups is 1. The predicted molar refractivity (Wildman–Crippen MR) is 372 cm³/mol. The molecule has 2 unspecified atom stereocenters.